The second-order valence-electron chi connectivity index (χ2n) is 7.90. The smallest absolute Gasteiger partial charge is 0.427 e. The zero-order valence-corrected chi connectivity index (χ0v) is 20.6. The maximum atomic E-state index is 11.9. The molecule has 1 aromatic carbocycles. The number of aryl methyl sites for hydroxylation is 1. The number of amides is 1. The highest BCUT2D eigenvalue weighted by Gasteiger charge is 2.19. The van der Waals surface area contributed by atoms with Gasteiger partial charge in [0, 0.05) is 22.6 Å². The molecule has 0 spiro atoms. The molecule has 9 heteroatoms. The third-order valence-electron chi connectivity index (χ3n) is 4.34. The van der Waals surface area contributed by atoms with Crippen LogP contribution in [0.5, 0.6) is 5.75 Å². The number of hydrogen-bond acceptors (Lipinski definition) is 5. The number of nitrogens with one attached hydrogen (secondary N) is 1. The number of aromatic nitrogens is 1. The first-order valence-electron chi connectivity index (χ1n) is 10.3. The fourth-order valence-corrected chi connectivity index (χ4v) is 3.90. The molecular formula is C22H31ClN4O3S. The number of hydrazone groups is 1. The van der Waals surface area contributed by atoms with Crippen molar-refractivity contribution in [3.8, 4) is 5.75 Å². The van der Waals surface area contributed by atoms with Gasteiger partial charge in [0.05, 0.1) is 19.3 Å². The van der Waals surface area contributed by atoms with E-state index in [4.69, 9.17) is 26.1 Å². The van der Waals surface area contributed by atoms with Crippen LogP contribution in [0.3, 0.4) is 0 Å². The summed E-state index contributed by atoms with van der Waals surface area (Å²) < 4.78 is 12.5. The second kappa shape index (κ2) is 11.3. The molecule has 1 heterocycles. The molecule has 0 aliphatic rings. The van der Waals surface area contributed by atoms with E-state index in [0.29, 0.717) is 16.3 Å². The largest absolute Gasteiger partial charge is 0.496 e. The number of methoxy groups -OCH3 is 1. The first-order valence-corrected chi connectivity index (χ1v) is 11.5. The molecule has 1 amide bonds. The Morgan fingerprint density at radius 1 is 1.29 bits per heavy atom. The minimum Gasteiger partial charge on any atom is -0.496 e. The van der Waals surface area contributed by atoms with Crippen LogP contribution in [0.4, 0.5) is 4.79 Å². The van der Waals surface area contributed by atoms with E-state index in [1.165, 1.54) is 4.88 Å². The van der Waals surface area contributed by atoms with E-state index < -0.39 is 6.09 Å². The van der Waals surface area contributed by atoms with Crippen molar-refractivity contribution in [3.05, 3.63) is 44.7 Å². The van der Waals surface area contributed by atoms with Gasteiger partial charge in [-0.05, 0) is 37.0 Å². The van der Waals surface area contributed by atoms with Crippen molar-refractivity contribution in [1.82, 2.24) is 9.99 Å². The van der Waals surface area contributed by atoms with Gasteiger partial charge in [0.15, 0.2) is 10.6 Å². The number of benzene rings is 1. The Morgan fingerprint density at radius 3 is 2.65 bits per heavy atom. The van der Waals surface area contributed by atoms with Crippen LogP contribution in [0, 0.1) is 0 Å². The summed E-state index contributed by atoms with van der Waals surface area (Å²) in [7, 11) is 1.56. The number of amidine groups is 1. The van der Waals surface area contributed by atoms with Crippen LogP contribution in [0.2, 0.25) is 5.02 Å². The molecular weight excluding hydrogens is 436 g/mol. The summed E-state index contributed by atoms with van der Waals surface area (Å²) in [6, 6.07) is 5.18. The van der Waals surface area contributed by atoms with Gasteiger partial charge in [-0.1, -0.05) is 45.7 Å². The number of carbonyl (C=O) groups is 1. The standard InChI is InChI=1S/C22H31ClN4O3S/c1-7-9-12-27-14-18(22(3,4)5)31-20(27)24-19(25-26-21(28)30-8-2)16-13-15(23)10-11-17(16)29-6/h10-11,13-14H,7-9,12H2,1-6H3,(H,26,28)/b24-20-,25-19?. The van der Waals surface area contributed by atoms with Crippen LogP contribution >= 0.6 is 22.9 Å². The van der Waals surface area contributed by atoms with Gasteiger partial charge in [-0.15, -0.1) is 16.4 Å². The number of hydrogen-bond donors (Lipinski definition) is 1. The summed E-state index contributed by atoms with van der Waals surface area (Å²) in [5.74, 6) is 0.824. The van der Waals surface area contributed by atoms with Gasteiger partial charge in [0.1, 0.15) is 5.75 Å². The molecule has 0 aliphatic heterocycles. The molecule has 31 heavy (non-hydrogen) atoms. The first-order chi connectivity index (χ1) is 14.7. The average molecular weight is 467 g/mol. The normalized spacial score (nSPS) is 12.7. The predicted molar refractivity (Wildman–Crippen MR) is 126 cm³/mol. The van der Waals surface area contributed by atoms with Crippen molar-refractivity contribution in [2.75, 3.05) is 13.7 Å². The molecule has 0 bridgehead atoms. The Hall–Kier alpha value is -2.32. The third-order valence-corrected chi connectivity index (χ3v) is 6.03. The van der Waals surface area contributed by atoms with E-state index in [2.05, 4.69) is 49.0 Å². The number of nitrogens with zero attached hydrogens (tertiary/aromatic N) is 3. The van der Waals surface area contributed by atoms with Crippen molar-refractivity contribution >= 4 is 34.9 Å². The van der Waals surface area contributed by atoms with Crippen molar-refractivity contribution in [2.45, 2.75) is 59.4 Å². The molecule has 0 aliphatic carbocycles. The van der Waals surface area contributed by atoms with Gasteiger partial charge in [-0.3, -0.25) is 0 Å². The molecule has 0 unspecified atom stereocenters. The highest BCUT2D eigenvalue weighted by molar-refractivity contribution is 7.09. The van der Waals surface area contributed by atoms with E-state index in [-0.39, 0.29) is 17.9 Å². The van der Waals surface area contributed by atoms with Gasteiger partial charge in [0.2, 0.25) is 0 Å². The topological polar surface area (TPSA) is 77.2 Å². The zero-order chi connectivity index (χ0) is 23.0. The molecule has 0 saturated heterocycles. The van der Waals surface area contributed by atoms with E-state index in [1.54, 1.807) is 43.6 Å². The number of thiazole rings is 1. The Labute approximate surface area is 192 Å². The van der Waals surface area contributed by atoms with E-state index >= 15 is 0 Å². The minimum atomic E-state index is -0.656. The lowest BCUT2D eigenvalue weighted by Gasteiger charge is -2.14. The lowest BCUT2D eigenvalue weighted by Crippen LogP contribution is -2.23. The lowest BCUT2D eigenvalue weighted by atomic mass is 9.95. The quantitative estimate of drug-likeness (QED) is 0.341. The molecule has 2 rings (SSSR count). The molecule has 0 atom stereocenters. The Bertz CT molecular complexity index is 989. The summed E-state index contributed by atoms with van der Waals surface area (Å²) in [4.78, 5) is 18.7. The third kappa shape index (κ3) is 7.11. The maximum Gasteiger partial charge on any atom is 0.427 e. The van der Waals surface area contributed by atoms with Crippen LogP contribution in [0.15, 0.2) is 34.5 Å². The minimum absolute atomic E-state index is 0.0133. The number of rotatable bonds is 7. The molecule has 1 aromatic heterocycles. The molecule has 0 fully saturated rings. The number of unbranched alkanes of at least 4 members (excludes halogenated alkanes) is 1. The summed E-state index contributed by atoms with van der Waals surface area (Å²) in [5.41, 5.74) is 2.96. The van der Waals surface area contributed by atoms with Crippen LogP contribution < -0.4 is 15.0 Å². The summed E-state index contributed by atoms with van der Waals surface area (Å²) in [6.07, 6.45) is 3.59. The van der Waals surface area contributed by atoms with Crippen molar-refractivity contribution in [1.29, 1.82) is 0 Å². The fraction of sp³-hybridized carbons (Fsp3) is 0.500. The Kier molecular flexibility index (Phi) is 9.13. The van der Waals surface area contributed by atoms with Gasteiger partial charge >= 0.3 is 6.09 Å². The van der Waals surface area contributed by atoms with E-state index in [9.17, 15) is 4.79 Å². The summed E-state index contributed by atoms with van der Waals surface area (Å²) in [6.45, 7) is 11.5. The molecule has 170 valence electrons. The van der Waals surface area contributed by atoms with Crippen LogP contribution in [0.25, 0.3) is 0 Å². The second-order valence-corrected chi connectivity index (χ2v) is 9.34. The summed E-state index contributed by atoms with van der Waals surface area (Å²) >= 11 is 7.83. The van der Waals surface area contributed by atoms with Crippen molar-refractivity contribution in [3.63, 3.8) is 0 Å². The van der Waals surface area contributed by atoms with E-state index in [0.717, 1.165) is 24.2 Å². The average Bonchev–Trinajstić information content (AvgIpc) is 3.13. The first kappa shape index (κ1) is 24.9. The van der Waals surface area contributed by atoms with E-state index in [1.807, 2.05) is 0 Å². The SMILES string of the molecule is CCCCn1cc(C(C)(C)C)s/c1=N\C(=NNC(=O)OCC)c1cc(Cl)ccc1OC. The highest BCUT2D eigenvalue weighted by Crippen LogP contribution is 2.26. The Balaban J connectivity index is 2.66. The monoisotopic (exact) mass is 466 g/mol. The molecule has 7 nitrogen and oxygen atoms in total. The lowest BCUT2D eigenvalue weighted by molar-refractivity contribution is 0.152. The van der Waals surface area contributed by atoms with Crippen LogP contribution in [-0.2, 0) is 16.7 Å². The molecule has 1 N–H and O–H groups in total. The van der Waals surface area contributed by atoms with Crippen LogP contribution in [-0.4, -0.2) is 30.2 Å². The number of carbonyl (C=O) groups excluding carboxylic acids is 1. The van der Waals surface area contributed by atoms with Gasteiger partial charge in [0.25, 0.3) is 0 Å². The molecule has 2 aromatic rings. The van der Waals surface area contributed by atoms with Crippen LogP contribution in [0.1, 0.15) is 57.9 Å². The van der Waals surface area contributed by atoms with Crippen molar-refractivity contribution in [2.24, 2.45) is 10.1 Å². The van der Waals surface area contributed by atoms with Crippen molar-refractivity contribution < 1.29 is 14.3 Å². The summed E-state index contributed by atoms with van der Waals surface area (Å²) in [5, 5.41) is 4.74. The van der Waals surface area contributed by atoms with Gasteiger partial charge in [-0.25, -0.2) is 10.2 Å². The highest BCUT2D eigenvalue weighted by atomic mass is 35.5. The molecule has 0 saturated carbocycles. The Morgan fingerprint density at radius 2 is 2.03 bits per heavy atom. The number of halogens is 1. The van der Waals surface area contributed by atoms with Gasteiger partial charge < -0.3 is 14.0 Å². The maximum absolute atomic E-state index is 11.9. The predicted octanol–water partition coefficient (Wildman–Crippen LogP) is 5.32. The molecule has 0 radical (unpaired) electrons. The van der Waals surface area contributed by atoms with Gasteiger partial charge in [-0.2, -0.15) is 4.99 Å². The number of ether oxygens (including phenoxy) is 2. The zero-order valence-electron chi connectivity index (χ0n) is 19.0. The fourth-order valence-electron chi connectivity index (χ4n) is 2.66.